The molecule has 1 aromatic rings. The number of hydrogen-bond donors (Lipinski definition) is 3. The first-order valence-corrected chi connectivity index (χ1v) is 4.71. The Kier molecular flexibility index (Phi) is 3.52. The Morgan fingerprint density at radius 3 is 2.41 bits per heavy atom. The minimum atomic E-state index is -0.767. The van der Waals surface area contributed by atoms with Crippen LogP contribution in [0.25, 0.3) is 0 Å². The van der Waals surface area contributed by atoms with Crippen LogP contribution in [0.5, 0.6) is 0 Å². The number of carbonyl (C=O) groups excluding carboxylic acids is 2. The van der Waals surface area contributed by atoms with Crippen molar-refractivity contribution in [2.45, 2.75) is 0 Å². The number of benzene rings is 1. The third-order valence-corrected chi connectivity index (χ3v) is 2.19. The highest BCUT2D eigenvalue weighted by Gasteiger charge is 2.15. The normalized spacial score (nSPS) is 10.0. The second-order valence-corrected chi connectivity index (χ2v) is 3.58. The maximum Gasteiger partial charge on any atom is 0.250 e. The van der Waals surface area contributed by atoms with Crippen molar-refractivity contribution in [3.63, 3.8) is 0 Å². The fraction of sp³-hybridized carbons (Fsp3) is 0.200. The summed E-state index contributed by atoms with van der Waals surface area (Å²) in [6.45, 7) is -0.182. The third kappa shape index (κ3) is 2.83. The maximum atomic E-state index is 13.6. The van der Waals surface area contributed by atoms with Crippen molar-refractivity contribution in [2.75, 3.05) is 24.2 Å². The molecule has 2 amide bonds. The highest BCUT2D eigenvalue weighted by molar-refractivity contribution is 5.99. The molecule has 0 heterocycles. The first-order chi connectivity index (χ1) is 7.82. The zero-order chi connectivity index (χ0) is 13.2. The molecule has 92 valence electrons. The molecular formula is C10H13FN4O2. The minimum Gasteiger partial charge on any atom is -0.398 e. The van der Waals surface area contributed by atoms with Gasteiger partial charge in [0.05, 0.1) is 17.8 Å². The Hall–Kier alpha value is -2.31. The summed E-state index contributed by atoms with van der Waals surface area (Å²) in [5.41, 5.74) is 15.5. The molecule has 17 heavy (non-hydrogen) atoms. The first-order valence-electron chi connectivity index (χ1n) is 4.71. The fourth-order valence-corrected chi connectivity index (χ4v) is 1.40. The molecule has 0 aliphatic carbocycles. The maximum absolute atomic E-state index is 13.6. The topological polar surface area (TPSA) is 115 Å². The Balaban J connectivity index is 3.19. The van der Waals surface area contributed by atoms with Crippen LogP contribution in [0.2, 0.25) is 0 Å². The van der Waals surface area contributed by atoms with Crippen molar-refractivity contribution >= 4 is 23.2 Å². The zero-order valence-corrected chi connectivity index (χ0v) is 9.24. The number of nitrogens with zero attached hydrogens (tertiary/aromatic N) is 1. The van der Waals surface area contributed by atoms with Crippen molar-refractivity contribution in [1.29, 1.82) is 0 Å². The molecule has 0 saturated heterocycles. The number of hydrogen-bond acceptors (Lipinski definition) is 4. The summed E-state index contributed by atoms with van der Waals surface area (Å²) < 4.78 is 13.6. The largest absolute Gasteiger partial charge is 0.398 e. The van der Waals surface area contributed by atoms with Crippen LogP contribution in [-0.2, 0) is 4.79 Å². The zero-order valence-electron chi connectivity index (χ0n) is 9.24. The van der Waals surface area contributed by atoms with Crippen molar-refractivity contribution in [1.82, 2.24) is 0 Å². The summed E-state index contributed by atoms with van der Waals surface area (Å²) in [4.78, 5) is 23.0. The lowest BCUT2D eigenvalue weighted by atomic mass is 10.1. The number of halogens is 1. The van der Waals surface area contributed by atoms with E-state index >= 15 is 0 Å². The van der Waals surface area contributed by atoms with E-state index in [1.54, 1.807) is 0 Å². The third-order valence-electron chi connectivity index (χ3n) is 2.19. The molecule has 0 unspecified atom stereocenters. The van der Waals surface area contributed by atoms with Crippen molar-refractivity contribution in [3.05, 3.63) is 23.5 Å². The van der Waals surface area contributed by atoms with Gasteiger partial charge in [-0.1, -0.05) is 0 Å². The Morgan fingerprint density at radius 2 is 1.94 bits per heavy atom. The van der Waals surface area contributed by atoms with E-state index in [0.717, 1.165) is 6.07 Å². The number of primary amides is 2. The van der Waals surface area contributed by atoms with Gasteiger partial charge in [-0.3, -0.25) is 9.59 Å². The first kappa shape index (κ1) is 12.8. The average molecular weight is 240 g/mol. The van der Waals surface area contributed by atoms with E-state index < -0.39 is 17.6 Å². The summed E-state index contributed by atoms with van der Waals surface area (Å²) in [7, 11) is 1.46. The van der Waals surface area contributed by atoms with Gasteiger partial charge < -0.3 is 22.1 Å². The molecule has 6 N–H and O–H groups in total. The fourth-order valence-electron chi connectivity index (χ4n) is 1.40. The van der Waals surface area contributed by atoms with Gasteiger partial charge >= 0.3 is 0 Å². The predicted octanol–water partition coefficient (Wildman–Crippen LogP) is -0.572. The number of likely N-dealkylation sites (N-methyl/N-ethyl adjacent to an activating group) is 1. The van der Waals surface area contributed by atoms with Gasteiger partial charge in [-0.15, -0.1) is 0 Å². The molecule has 7 heteroatoms. The van der Waals surface area contributed by atoms with E-state index in [4.69, 9.17) is 17.2 Å². The Morgan fingerprint density at radius 1 is 1.35 bits per heavy atom. The molecule has 0 saturated carbocycles. The second-order valence-electron chi connectivity index (χ2n) is 3.58. The van der Waals surface area contributed by atoms with Gasteiger partial charge in [0.15, 0.2) is 0 Å². The Bertz CT molecular complexity index is 476. The monoisotopic (exact) mass is 240 g/mol. The van der Waals surface area contributed by atoms with Gasteiger partial charge in [0.25, 0.3) is 5.91 Å². The summed E-state index contributed by atoms with van der Waals surface area (Å²) in [5.74, 6) is -2.04. The van der Waals surface area contributed by atoms with Crippen LogP contribution >= 0.6 is 0 Å². The lowest BCUT2D eigenvalue weighted by Gasteiger charge is -2.19. The van der Waals surface area contributed by atoms with Gasteiger partial charge in [0.2, 0.25) is 5.91 Å². The van der Waals surface area contributed by atoms with Crippen LogP contribution in [0, 0.1) is 5.82 Å². The molecule has 6 nitrogen and oxygen atoms in total. The number of amides is 2. The predicted molar refractivity (Wildman–Crippen MR) is 61.8 cm³/mol. The number of nitrogens with two attached hydrogens (primary N) is 3. The van der Waals surface area contributed by atoms with Crippen LogP contribution in [0.15, 0.2) is 12.1 Å². The molecule has 1 rings (SSSR count). The van der Waals surface area contributed by atoms with Crippen molar-refractivity contribution in [2.24, 2.45) is 11.5 Å². The van der Waals surface area contributed by atoms with E-state index in [0.29, 0.717) is 0 Å². The smallest absolute Gasteiger partial charge is 0.250 e. The molecule has 0 fully saturated rings. The van der Waals surface area contributed by atoms with E-state index in [2.05, 4.69) is 0 Å². The molecule has 1 aromatic carbocycles. The van der Waals surface area contributed by atoms with Gasteiger partial charge in [0.1, 0.15) is 5.82 Å². The van der Waals surface area contributed by atoms with Gasteiger partial charge in [-0.25, -0.2) is 4.39 Å². The van der Waals surface area contributed by atoms with E-state index in [9.17, 15) is 14.0 Å². The van der Waals surface area contributed by atoms with Gasteiger partial charge in [-0.05, 0) is 12.1 Å². The molecular weight excluding hydrogens is 227 g/mol. The molecule has 0 aromatic heterocycles. The minimum absolute atomic E-state index is 0.00211. The molecule has 0 aliphatic heterocycles. The van der Waals surface area contributed by atoms with Crippen molar-refractivity contribution in [3.8, 4) is 0 Å². The standard InChI is InChI=1S/C10H13FN4O2/c1-15(4-9(13)16)8-2-5(10(14)17)7(12)3-6(8)11/h2-3H,4,12H2,1H3,(H2,13,16)(H2,14,17). The van der Waals surface area contributed by atoms with Crippen LogP contribution in [0.4, 0.5) is 15.8 Å². The van der Waals surface area contributed by atoms with E-state index in [-0.39, 0.29) is 23.5 Å². The van der Waals surface area contributed by atoms with Gasteiger partial charge in [-0.2, -0.15) is 0 Å². The van der Waals surface area contributed by atoms with Crippen LogP contribution < -0.4 is 22.1 Å². The quantitative estimate of drug-likeness (QED) is 0.611. The summed E-state index contributed by atoms with van der Waals surface area (Å²) in [6, 6.07) is 2.17. The summed E-state index contributed by atoms with van der Waals surface area (Å²) in [6.07, 6.45) is 0. The molecule has 0 atom stereocenters. The summed E-state index contributed by atoms with van der Waals surface area (Å²) in [5, 5.41) is 0. The van der Waals surface area contributed by atoms with Gasteiger partial charge in [0, 0.05) is 12.7 Å². The second kappa shape index (κ2) is 4.69. The van der Waals surface area contributed by atoms with Crippen LogP contribution in [-0.4, -0.2) is 25.4 Å². The SMILES string of the molecule is CN(CC(N)=O)c1cc(C(N)=O)c(N)cc1F. The highest BCUT2D eigenvalue weighted by Crippen LogP contribution is 2.24. The molecule has 0 aliphatic rings. The van der Waals surface area contributed by atoms with Crippen LogP contribution in [0.1, 0.15) is 10.4 Å². The number of carbonyl (C=O) groups is 2. The van der Waals surface area contributed by atoms with Crippen molar-refractivity contribution < 1.29 is 14.0 Å². The molecule has 0 spiro atoms. The molecule has 0 bridgehead atoms. The highest BCUT2D eigenvalue weighted by atomic mass is 19.1. The lowest BCUT2D eigenvalue weighted by molar-refractivity contribution is -0.116. The number of rotatable bonds is 4. The summed E-state index contributed by atoms with van der Waals surface area (Å²) >= 11 is 0. The lowest BCUT2D eigenvalue weighted by Crippen LogP contribution is -2.31. The Labute approximate surface area is 97.2 Å². The average Bonchev–Trinajstić information content (AvgIpc) is 2.15. The number of nitrogen functional groups attached to an aromatic ring is 1. The van der Waals surface area contributed by atoms with Crippen LogP contribution in [0.3, 0.4) is 0 Å². The number of anilines is 2. The van der Waals surface area contributed by atoms with E-state index in [1.807, 2.05) is 0 Å². The van der Waals surface area contributed by atoms with E-state index in [1.165, 1.54) is 18.0 Å². The molecule has 0 radical (unpaired) electrons.